The molecule has 242 valence electrons. The molecule has 46 heavy (non-hydrogen) atoms. The summed E-state index contributed by atoms with van der Waals surface area (Å²) in [5, 5.41) is 28.9. The number of hydrogen-bond donors (Lipinski definition) is 3. The zero-order valence-corrected chi connectivity index (χ0v) is 26.6. The van der Waals surface area contributed by atoms with Gasteiger partial charge in [0, 0.05) is 11.8 Å². The van der Waals surface area contributed by atoms with Crippen LogP contribution in [-0.4, -0.2) is 86.7 Å². The van der Waals surface area contributed by atoms with Gasteiger partial charge in [0.15, 0.2) is 0 Å². The molecular formula is C30H34F2N10O2S2. The molecule has 6 heterocycles. The molecule has 3 atom stereocenters. The molecule has 2 amide bonds. The maximum Gasteiger partial charge on any atom is 0.232 e. The van der Waals surface area contributed by atoms with Gasteiger partial charge < -0.3 is 25.8 Å². The number of halogens is 2. The Kier molecular flexibility index (Phi) is 8.88. The van der Waals surface area contributed by atoms with Gasteiger partial charge in [-0.2, -0.15) is 0 Å². The van der Waals surface area contributed by atoms with Crippen LogP contribution in [-0.2, 0) is 16.0 Å². The second-order valence-corrected chi connectivity index (χ2v) is 14.1. The predicted octanol–water partition coefficient (Wildman–Crippen LogP) is 3.92. The molecule has 3 aromatic rings. The van der Waals surface area contributed by atoms with Gasteiger partial charge in [0.1, 0.15) is 34.0 Å². The molecule has 3 N–H and O–H groups in total. The van der Waals surface area contributed by atoms with Crippen molar-refractivity contribution in [3.63, 3.8) is 0 Å². The van der Waals surface area contributed by atoms with Crippen LogP contribution < -0.4 is 20.9 Å². The summed E-state index contributed by atoms with van der Waals surface area (Å²) in [5.74, 6) is 1.48. The van der Waals surface area contributed by atoms with Crippen LogP contribution in [0.3, 0.4) is 0 Å². The molecule has 2 saturated heterocycles. The van der Waals surface area contributed by atoms with Gasteiger partial charge in [0.05, 0.1) is 50.8 Å². The summed E-state index contributed by atoms with van der Waals surface area (Å²) in [6.07, 6.45) is 8.16. The fourth-order valence-corrected chi connectivity index (χ4v) is 7.91. The van der Waals surface area contributed by atoms with E-state index in [4.69, 9.17) is 0 Å². The van der Waals surface area contributed by atoms with Crippen LogP contribution in [0.15, 0.2) is 42.2 Å². The number of anilines is 3. The smallest absolute Gasteiger partial charge is 0.232 e. The minimum Gasteiger partial charge on any atom is -0.365 e. The van der Waals surface area contributed by atoms with Gasteiger partial charge in [-0.25, -0.2) is 13.8 Å². The fraction of sp³-hybridized carbons (Fsp3) is 0.500. The first-order valence-corrected chi connectivity index (χ1v) is 17.1. The Morgan fingerprint density at radius 2 is 1.54 bits per heavy atom. The summed E-state index contributed by atoms with van der Waals surface area (Å²) in [6, 6.07) is 5.24. The number of nitrogens with zero attached hydrogens (tertiary/aromatic N) is 7. The third-order valence-electron chi connectivity index (χ3n) is 8.56. The number of pyridine rings is 1. The molecular weight excluding hydrogens is 635 g/mol. The van der Waals surface area contributed by atoms with Gasteiger partial charge in [-0.15, -0.1) is 20.4 Å². The summed E-state index contributed by atoms with van der Waals surface area (Å²) < 4.78 is 26.5. The highest BCUT2D eigenvalue weighted by Crippen LogP contribution is 2.43. The minimum atomic E-state index is -0.826. The second-order valence-electron chi connectivity index (χ2n) is 12.1. The van der Waals surface area contributed by atoms with E-state index in [1.165, 1.54) is 22.7 Å². The van der Waals surface area contributed by atoms with Crippen molar-refractivity contribution >= 4 is 50.6 Å². The first kappa shape index (κ1) is 30.6. The van der Waals surface area contributed by atoms with Crippen molar-refractivity contribution in [2.24, 2.45) is 0 Å². The summed E-state index contributed by atoms with van der Waals surface area (Å²) in [5.41, 5.74) is 0.609. The Labute approximate surface area is 272 Å². The van der Waals surface area contributed by atoms with Crippen molar-refractivity contribution in [2.75, 3.05) is 41.7 Å². The first-order chi connectivity index (χ1) is 22.3. The Morgan fingerprint density at radius 1 is 0.891 bits per heavy atom. The van der Waals surface area contributed by atoms with Crippen molar-refractivity contribution < 1.29 is 18.4 Å². The normalized spacial score (nSPS) is 23.3. The highest BCUT2D eigenvalue weighted by molar-refractivity contribution is 7.15. The molecule has 1 saturated carbocycles. The minimum absolute atomic E-state index is 0.0858. The van der Waals surface area contributed by atoms with E-state index >= 15 is 0 Å². The van der Waals surface area contributed by atoms with Crippen molar-refractivity contribution in [1.29, 1.82) is 0 Å². The van der Waals surface area contributed by atoms with Crippen LogP contribution in [0.25, 0.3) is 0 Å². The van der Waals surface area contributed by atoms with Crippen LogP contribution >= 0.6 is 22.7 Å². The number of amides is 2. The lowest BCUT2D eigenvalue weighted by Gasteiger charge is -2.40. The number of allylic oxidation sites excluding steroid dienone is 2. The van der Waals surface area contributed by atoms with E-state index in [1.54, 1.807) is 6.07 Å². The van der Waals surface area contributed by atoms with Crippen molar-refractivity contribution in [3.8, 4) is 0 Å². The van der Waals surface area contributed by atoms with E-state index in [0.717, 1.165) is 41.5 Å². The summed E-state index contributed by atoms with van der Waals surface area (Å²) in [4.78, 5) is 33.8. The number of carbonyl (C=O) groups excluding carboxylic acids is 2. The van der Waals surface area contributed by atoms with Crippen molar-refractivity contribution in [1.82, 2.24) is 35.6 Å². The molecule has 16 heteroatoms. The average molecular weight is 669 g/mol. The molecule has 3 aromatic heterocycles. The largest absolute Gasteiger partial charge is 0.365 e. The zero-order valence-electron chi connectivity index (χ0n) is 24.9. The molecule has 12 nitrogen and oxygen atoms in total. The van der Waals surface area contributed by atoms with E-state index in [2.05, 4.69) is 41.3 Å². The maximum absolute atomic E-state index is 13.2. The summed E-state index contributed by atoms with van der Waals surface area (Å²) in [7, 11) is 0. The van der Waals surface area contributed by atoms with Gasteiger partial charge >= 0.3 is 0 Å². The molecule has 0 spiro atoms. The van der Waals surface area contributed by atoms with E-state index in [0.29, 0.717) is 48.0 Å². The van der Waals surface area contributed by atoms with Gasteiger partial charge in [-0.1, -0.05) is 47.3 Å². The molecule has 0 aromatic carbocycles. The third-order valence-corrected chi connectivity index (χ3v) is 10.6. The van der Waals surface area contributed by atoms with Crippen molar-refractivity contribution in [3.05, 3.63) is 58.0 Å². The molecule has 3 aliphatic heterocycles. The second kappa shape index (κ2) is 13.4. The monoisotopic (exact) mass is 668 g/mol. The number of likely N-dealkylation sites (tertiary alicyclic amines) is 1. The Bertz CT molecular complexity index is 1630. The SMILES string of the molecule is O=C(Cc1cccc(N2CC(F)C2)n1)Nc1nnc([C@H]2CCC[C@H](c3nnc(NC(=O)CC4C=CC=C(N5CC(F)C5)N4)s3)C2)s1. The predicted molar refractivity (Wildman–Crippen MR) is 171 cm³/mol. The highest BCUT2D eigenvalue weighted by atomic mass is 32.1. The zero-order chi connectivity index (χ0) is 31.6. The topological polar surface area (TPSA) is 141 Å². The lowest BCUT2D eigenvalue weighted by Crippen LogP contribution is -2.52. The van der Waals surface area contributed by atoms with Crippen LogP contribution in [0.2, 0.25) is 0 Å². The number of nitrogens with one attached hydrogen (secondary N) is 3. The fourth-order valence-electron chi connectivity index (χ4n) is 6.09. The number of rotatable bonds is 10. The summed E-state index contributed by atoms with van der Waals surface area (Å²) in [6.45, 7) is 1.40. The van der Waals surface area contributed by atoms with Crippen LogP contribution in [0.1, 0.15) is 59.6 Å². The van der Waals surface area contributed by atoms with E-state index < -0.39 is 12.3 Å². The number of dihydropyridines is 1. The molecule has 0 radical (unpaired) electrons. The third kappa shape index (κ3) is 7.17. The van der Waals surface area contributed by atoms with E-state index in [-0.39, 0.29) is 42.5 Å². The highest BCUT2D eigenvalue weighted by Gasteiger charge is 2.31. The number of hydrogen-bond acceptors (Lipinski definition) is 12. The molecule has 1 unspecified atom stereocenters. The molecule has 0 bridgehead atoms. The number of alkyl halides is 2. The lowest BCUT2D eigenvalue weighted by molar-refractivity contribution is -0.117. The maximum atomic E-state index is 13.2. The van der Waals surface area contributed by atoms with E-state index in [1.807, 2.05) is 40.2 Å². The molecule has 3 fully saturated rings. The molecule has 1 aliphatic carbocycles. The van der Waals surface area contributed by atoms with Crippen LogP contribution in [0.4, 0.5) is 24.9 Å². The van der Waals surface area contributed by atoms with Gasteiger partial charge in [-0.3, -0.25) is 9.59 Å². The number of carbonyl (C=O) groups is 2. The first-order valence-electron chi connectivity index (χ1n) is 15.5. The number of aromatic nitrogens is 5. The average Bonchev–Trinajstić information content (AvgIpc) is 3.68. The van der Waals surface area contributed by atoms with E-state index in [9.17, 15) is 18.4 Å². The Hall–Kier alpha value is -4.05. The van der Waals surface area contributed by atoms with Crippen molar-refractivity contribution in [2.45, 2.75) is 68.7 Å². The standard InChI is InChI=1S/C30H34F2N10O2S2/c31-19-13-41(14-19)23-8-2-6-21(33-23)11-25(43)35-29-39-37-27(45-29)17-4-1-5-18(10-17)28-38-40-30(46-28)36-26(44)12-22-7-3-9-24(34-22)42-15-20(32)16-42/h2-3,6-9,17-21,33H,1,4-5,10-16H2,(H,35,39,43)(H,36,40,44)/t17-,18-,21?/m0/s1. The Morgan fingerprint density at radius 3 is 2.22 bits per heavy atom. The van der Waals surface area contributed by atoms with Gasteiger partial charge in [0.25, 0.3) is 0 Å². The van der Waals surface area contributed by atoms with Crippen LogP contribution in [0.5, 0.6) is 0 Å². The van der Waals surface area contributed by atoms with Gasteiger partial charge in [0.2, 0.25) is 22.1 Å². The Balaban J connectivity index is 0.886. The van der Waals surface area contributed by atoms with Gasteiger partial charge in [-0.05, 0) is 37.5 Å². The van der Waals surface area contributed by atoms with Crippen LogP contribution in [0, 0.1) is 0 Å². The molecule has 7 rings (SSSR count). The summed E-state index contributed by atoms with van der Waals surface area (Å²) >= 11 is 2.78. The quantitative estimate of drug-likeness (QED) is 0.291. The lowest BCUT2D eigenvalue weighted by atomic mass is 9.82. The molecule has 4 aliphatic rings.